The van der Waals surface area contributed by atoms with E-state index in [1.54, 1.807) is 0 Å². The van der Waals surface area contributed by atoms with Crippen LogP contribution in [0, 0.1) is 5.41 Å². The molecule has 8 heteroatoms. The highest BCUT2D eigenvalue weighted by Crippen LogP contribution is 2.66. The van der Waals surface area contributed by atoms with Crippen molar-refractivity contribution in [2.75, 3.05) is 26.4 Å². The van der Waals surface area contributed by atoms with Crippen LogP contribution < -0.4 is 0 Å². The van der Waals surface area contributed by atoms with Gasteiger partial charge in [-0.2, -0.15) is 0 Å². The summed E-state index contributed by atoms with van der Waals surface area (Å²) in [5.41, 5.74) is 3.18. The van der Waals surface area contributed by atoms with Gasteiger partial charge in [0, 0.05) is 0 Å². The van der Waals surface area contributed by atoms with Gasteiger partial charge in [0.2, 0.25) is 0 Å². The minimum absolute atomic E-state index is 0.0193. The molecule has 198 valence electrons. The summed E-state index contributed by atoms with van der Waals surface area (Å²) in [6.45, 7) is 15.6. The Morgan fingerprint density at radius 2 is 1.36 bits per heavy atom. The van der Waals surface area contributed by atoms with Crippen LogP contribution in [0.25, 0.3) is 0 Å². The lowest BCUT2D eigenvalue weighted by atomic mass is 9.79. The van der Waals surface area contributed by atoms with Crippen LogP contribution in [0.5, 0.6) is 0 Å². The molecule has 0 N–H and O–H groups in total. The second-order valence-electron chi connectivity index (χ2n) is 12.4. The Morgan fingerprint density at radius 3 is 1.89 bits per heavy atom. The van der Waals surface area contributed by atoms with Crippen LogP contribution in [0.2, 0.25) is 0 Å². The number of rotatable bonds is 4. The zero-order valence-electron chi connectivity index (χ0n) is 22.6. The molecule has 2 aliphatic heterocycles. The average molecular weight is 535 g/mol. The third kappa shape index (κ3) is 5.90. The van der Waals surface area contributed by atoms with E-state index < -0.39 is 20.6 Å². The van der Waals surface area contributed by atoms with Crippen LogP contribution in [0.3, 0.4) is 0 Å². The standard InChI is InChI=1S/C28H40O6P2/c1-21(22-11-9-8-10-12-22)36(30)33-19-28(20-34-36)17-31-35(29,32-18-28)16-23-13-14-24(26(2,3)4)15-25(23)27(5,6)7/h8-15,21H,16-20H2,1-7H3. The fourth-order valence-electron chi connectivity index (χ4n) is 4.57. The van der Waals surface area contributed by atoms with Gasteiger partial charge < -0.3 is 18.1 Å². The van der Waals surface area contributed by atoms with Gasteiger partial charge in [-0.05, 0) is 40.0 Å². The van der Waals surface area contributed by atoms with Gasteiger partial charge in [0.05, 0.1) is 43.7 Å². The van der Waals surface area contributed by atoms with Crippen molar-refractivity contribution in [1.82, 2.24) is 0 Å². The first-order valence-electron chi connectivity index (χ1n) is 12.6. The van der Waals surface area contributed by atoms with Gasteiger partial charge in [0.25, 0.3) is 0 Å². The molecule has 2 aliphatic rings. The van der Waals surface area contributed by atoms with Crippen molar-refractivity contribution in [3.8, 4) is 0 Å². The van der Waals surface area contributed by atoms with Crippen molar-refractivity contribution in [1.29, 1.82) is 0 Å². The quantitative estimate of drug-likeness (QED) is 0.370. The van der Waals surface area contributed by atoms with Crippen molar-refractivity contribution < 1.29 is 27.2 Å². The smallest absolute Gasteiger partial charge is 0.307 e. The van der Waals surface area contributed by atoms with E-state index in [1.807, 2.05) is 37.3 Å². The van der Waals surface area contributed by atoms with Crippen molar-refractivity contribution >= 4 is 15.2 Å². The second kappa shape index (κ2) is 9.80. The van der Waals surface area contributed by atoms with Crippen molar-refractivity contribution in [3.05, 3.63) is 70.8 Å². The van der Waals surface area contributed by atoms with Crippen molar-refractivity contribution in [2.24, 2.45) is 5.41 Å². The molecule has 0 amide bonds. The largest absolute Gasteiger partial charge is 0.337 e. The highest BCUT2D eigenvalue weighted by atomic mass is 31.2. The second-order valence-corrected chi connectivity index (χ2v) is 16.8. The molecule has 2 heterocycles. The fraction of sp³-hybridized carbons (Fsp3) is 0.571. The molecule has 2 fully saturated rings. The lowest BCUT2D eigenvalue weighted by molar-refractivity contribution is -0.0699. The highest BCUT2D eigenvalue weighted by molar-refractivity contribution is 7.54. The lowest BCUT2D eigenvalue weighted by Gasteiger charge is -2.44. The molecule has 2 saturated heterocycles. The Labute approximate surface area is 216 Å². The topological polar surface area (TPSA) is 71.1 Å². The third-order valence-electron chi connectivity index (χ3n) is 7.14. The van der Waals surface area contributed by atoms with E-state index in [-0.39, 0.29) is 49.1 Å². The van der Waals surface area contributed by atoms with E-state index in [0.29, 0.717) is 0 Å². The minimum Gasteiger partial charge on any atom is -0.307 e. The van der Waals surface area contributed by atoms with Crippen LogP contribution in [0.4, 0.5) is 0 Å². The Balaban J connectivity index is 1.44. The summed E-state index contributed by atoms with van der Waals surface area (Å²) in [5.74, 6) is 0. The molecule has 0 radical (unpaired) electrons. The van der Waals surface area contributed by atoms with Crippen molar-refractivity contribution in [2.45, 2.75) is 71.1 Å². The summed E-state index contributed by atoms with van der Waals surface area (Å²) in [6, 6.07) is 16.0. The summed E-state index contributed by atoms with van der Waals surface area (Å²) >= 11 is 0. The van der Waals surface area contributed by atoms with Gasteiger partial charge in [0.1, 0.15) is 0 Å². The molecule has 2 aromatic carbocycles. The maximum atomic E-state index is 13.6. The van der Waals surface area contributed by atoms with Gasteiger partial charge in [-0.3, -0.25) is 9.13 Å². The van der Waals surface area contributed by atoms with Gasteiger partial charge in [0.15, 0.2) is 0 Å². The number of hydrogen-bond donors (Lipinski definition) is 0. The first-order chi connectivity index (χ1) is 16.6. The maximum absolute atomic E-state index is 13.6. The van der Waals surface area contributed by atoms with Crippen LogP contribution >= 0.6 is 15.2 Å². The Kier molecular flexibility index (Phi) is 7.56. The molecular weight excluding hydrogens is 494 g/mol. The van der Waals surface area contributed by atoms with E-state index >= 15 is 0 Å². The van der Waals surface area contributed by atoms with Crippen LogP contribution in [0.1, 0.15) is 76.4 Å². The van der Waals surface area contributed by atoms with Gasteiger partial charge in [-0.1, -0.05) is 90.1 Å². The monoisotopic (exact) mass is 534 g/mol. The normalized spacial score (nSPS) is 30.3. The minimum atomic E-state index is -3.36. The first-order valence-corrected chi connectivity index (χ1v) is 15.9. The molecular formula is C28H40O6P2. The molecule has 0 bridgehead atoms. The Bertz CT molecular complexity index is 1150. The summed E-state index contributed by atoms with van der Waals surface area (Å²) in [7, 11) is -6.69. The summed E-state index contributed by atoms with van der Waals surface area (Å²) in [6.07, 6.45) is 0.214. The predicted molar refractivity (Wildman–Crippen MR) is 144 cm³/mol. The number of hydrogen-bond acceptors (Lipinski definition) is 6. The zero-order chi connectivity index (χ0) is 26.4. The van der Waals surface area contributed by atoms with Crippen LogP contribution in [-0.2, 0) is 44.2 Å². The molecule has 1 atom stereocenters. The van der Waals surface area contributed by atoms with Gasteiger partial charge >= 0.3 is 15.2 Å². The summed E-state index contributed by atoms with van der Waals surface area (Å²) < 4.78 is 50.6. The SMILES string of the molecule is CC(c1ccccc1)P1(=O)OCC2(COP(=O)(Cc3ccc(C(C)(C)C)cc3C(C)(C)C)OC2)CO1. The first kappa shape index (κ1) is 27.8. The molecule has 0 saturated carbocycles. The lowest BCUT2D eigenvalue weighted by Crippen LogP contribution is -2.46. The van der Waals surface area contributed by atoms with E-state index in [0.717, 1.165) is 16.7 Å². The Hall–Kier alpha value is -1.26. The summed E-state index contributed by atoms with van der Waals surface area (Å²) in [5, 5.41) is 0. The average Bonchev–Trinajstić information content (AvgIpc) is 2.82. The predicted octanol–water partition coefficient (Wildman–Crippen LogP) is 8.01. The van der Waals surface area contributed by atoms with E-state index in [1.165, 1.54) is 5.56 Å². The molecule has 1 unspecified atom stereocenters. The van der Waals surface area contributed by atoms with E-state index in [4.69, 9.17) is 18.1 Å². The summed E-state index contributed by atoms with van der Waals surface area (Å²) in [4.78, 5) is 0. The Morgan fingerprint density at radius 1 is 0.806 bits per heavy atom. The van der Waals surface area contributed by atoms with Crippen molar-refractivity contribution in [3.63, 3.8) is 0 Å². The third-order valence-corrected chi connectivity index (χ3v) is 11.1. The molecule has 1 spiro atoms. The molecule has 0 aromatic heterocycles. The zero-order valence-corrected chi connectivity index (χ0v) is 24.4. The molecule has 4 rings (SSSR count). The highest BCUT2D eigenvalue weighted by Gasteiger charge is 2.50. The molecule has 0 aliphatic carbocycles. The van der Waals surface area contributed by atoms with Gasteiger partial charge in [-0.15, -0.1) is 0 Å². The van der Waals surface area contributed by atoms with Gasteiger partial charge in [-0.25, -0.2) is 0 Å². The molecule has 6 nitrogen and oxygen atoms in total. The van der Waals surface area contributed by atoms with E-state index in [9.17, 15) is 9.13 Å². The van der Waals surface area contributed by atoms with Crippen LogP contribution in [-0.4, -0.2) is 26.4 Å². The molecule has 2 aromatic rings. The fourth-order valence-corrected chi connectivity index (χ4v) is 8.42. The van der Waals surface area contributed by atoms with Crippen LogP contribution in [0.15, 0.2) is 48.5 Å². The van der Waals surface area contributed by atoms with E-state index in [2.05, 4.69) is 59.7 Å². The maximum Gasteiger partial charge on any atom is 0.337 e. The molecule has 36 heavy (non-hydrogen) atoms. The number of benzene rings is 2.